The van der Waals surface area contributed by atoms with Crippen molar-refractivity contribution in [2.75, 3.05) is 0 Å². The van der Waals surface area contributed by atoms with Crippen molar-refractivity contribution in [3.8, 4) is 36.4 Å². The maximum absolute atomic E-state index is 15.5. The monoisotopic (exact) mass is 652 g/mol. The largest absolute Gasteiger partial charge is 0.270 e. The van der Waals surface area contributed by atoms with E-state index < -0.39 is 124 Å². The number of fused-ring (bicyclic) bond motifs is 2. The van der Waals surface area contributed by atoms with Gasteiger partial charge in [0.25, 0.3) is 11.4 Å². The van der Waals surface area contributed by atoms with Gasteiger partial charge in [0, 0.05) is 33.9 Å². The van der Waals surface area contributed by atoms with Crippen LogP contribution in [0.2, 0.25) is 0 Å². The van der Waals surface area contributed by atoms with Gasteiger partial charge < -0.3 is 0 Å². The Kier molecular flexibility index (Phi) is 7.97. The molecule has 226 valence electrons. The van der Waals surface area contributed by atoms with Crippen molar-refractivity contribution < 1.29 is 17.6 Å². The smallest absolute Gasteiger partial charge is 0.237 e. The van der Waals surface area contributed by atoms with E-state index in [2.05, 4.69) is 19.4 Å². The van der Waals surface area contributed by atoms with E-state index in [0.717, 1.165) is 0 Å². The molecule has 5 rings (SSSR count). The fourth-order valence-electron chi connectivity index (χ4n) is 5.85. The lowest BCUT2D eigenvalue weighted by Crippen LogP contribution is -2.04. The molecular formula is C36H4F4N10. The first kappa shape index (κ1) is 32.6. The molecular weight excluding hydrogens is 648 g/mol. The molecule has 0 aromatic heterocycles. The summed E-state index contributed by atoms with van der Waals surface area (Å²) in [6, 6.07) is 12.0. The van der Waals surface area contributed by atoms with Gasteiger partial charge in [0.15, 0.2) is 0 Å². The number of nitriles is 6. The molecule has 0 bridgehead atoms. The second-order valence-electron chi connectivity index (χ2n) is 9.88. The van der Waals surface area contributed by atoms with Gasteiger partial charge in [-0.3, -0.25) is 0 Å². The predicted molar refractivity (Wildman–Crippen MR) is 164 cm³/mol. The van der Waals surface area contributed by atoms with Crippen LogP contribution in [0.15, 0.2) is 35.7 Å². The molecule has 0 amide bonds. The lowest BCUT2D eigenvalue weighted by Gasteiger charge is -2.17. The molecule has 0 atom stereocenters. The fourth-order valence-corrected chi connectivity index (χ4v) is 5.85. The van der Waals surface area contributed by atoms with E-state index >= 15 is 8.78 Å². The maximum Gasteiger partial charge on any atom is 0.270 e. The summed E-state index contributed by atoms with van der Waals surface area (Å²) in [6.45, 7) is 30.7. The summed E-state index contributed by atoms with van der Waals surface area (Å²) in [5.41, 5.74) is -11.5. The third-order valence-electron chi connectivity index (χ3n) is 7.70. The fraction of sp³-hybridized carbons (Fsp3) is 0. The molecule has 0 heterocycles. The number of allylic oxidation sites excluding steroid dienone is 7. The number of nitrogens with zero attached hydrogens (tertiary/aromatic N) is 10. The Balaban J connectivity index is 2.15. The Morgan fingerprint density at radius 1 is 0.540 bits per heavy atom. The van der Waals surface area contributed by atoms with E-state index in [1.807, 2.05) is 0 Å². The molecule has 14 heteroatoms. The highest BCUT2D eigenvalue weighted by Gasteiger charge is 2.44. The van der Waals surface area contributed by atoms with Gasteiger partial charge in [0.2, 0.25) is 11.4 Å². The van der Waals surface area contributed by atoms with E-state index in [1.54, 1.807) is 30.3 Å². The predicted octanol–water partition coefficient (Wildman–Crippen LogP) is 7.97. The number of rotatable bonds is 2. The minimum absolute atomic E-state index is 0.313. The van der Waals surface area contributed by atoms with Gasteiger partial charge in [-0.05, 0) is 46.0 Å². The van der Waals surface area contributed by atoms with Crippen LogP contribution < -0.4 is 0 Å². The number of hydrogen-bond acceptors (Lipinski definition) is 6. The Bertz CT molecular complexity index is 2580. The summed E-state index contributed by atoms with van der Waals surface area (Å²) < 4.78 is 59.9. The minimum Gasteiger partial charge on any atom is -0.237 e. The highest BCUT2D eigenvalue weighted by Crippen LogP contribution is 2.59. The number of halogens is 4. The SMILES string of the molecule is [C-]#[N+]C1=C(c2cc([N+]#[C-])c(F)cc2F)/C(=C(/C#N)[N+]#[C-])c2c(C#N)c3c(c(C#N)c21)/C(=C(/C#N)[N+]#[C-])C(c1cc(C#N)c(F)cc1F)=C3C#N. The third-order valence-corrected chi connectivity index (χ3v) is 7.70. The zero-order valence-electron chi connectivity index (χ0n) is 24.3. The molecule has 50 heavy (non-hydrogen) atoms. The minimum atomic E-state index is -1.37. The molecule has 0 saturated heterocycles. The summed E-state index contributed by atoms with van der Waals surface area (Å²) in [6.07, 6.45) is 0. The van der Waals surface area contributed by atoms with Crippen molar-refractivity contribution >= 4 is 39.2 Å². The molecule has 0 aliphatic heterocycles. The van der Waals surface area contributed by atoms with E-state index in [0.29, 0.717) is 24.3 Å². The van der Waals surface area contributed by atoms with Gasteiger partial charge in [0.1, 0.15) is 41.5 Å². The first-order valence-corrected chi connectivity index (χ1v) is 13.2. The first-order chi connectivity index (χ1) is 24.1. The van der Waals surface area contributed by atoms with Gasteiger partial charge in [-0.25, -0.2) is 47.5 Å². The quantitative estimate of drug-likeness (QED) is 0.155. The van der Waals surface area contributed by atoms with Crippen molar-refractivity contribution in [2.24, 2.45) is 0 Å². The summed E-state index contributed by atoms with van der Waals surface area (Å²) in [7, 11) is 0. The van der Waals surface area contributed by atoms with E-state index in [1.165, 1.54) is 6.07 Å². The molecule has 0 fully saturated rings. The van der Waals surface area contributed by atoms with Crippen molar-refractivity contribution in [3.63, 3.8) is 0 Å². The first-order valence-electron chi connectivity index (χ1n) is 13.2. The van der Waals surface area contributed by atoms with Crippen LogP contribution in [0.4, 0.5) is 23.2 Å². The zero-order valence-corrected chi connectivity index (χ0v) is 24.3. The molecule has 3 aromatic carbocycles. The van der Waals surface area contributed by atoms with Crippen molar-refractivity contribution in [1.82, 2.24) is 0 Å². The van der Waals surface area contributed by atoms with Crippen LogP contribution in [0, 0.1) is 118 Å². The summed E-state index contributed by atoms with van der Waals surface area (Å²) in [5, 5.41) is 61.2. The molecule has 3 aromatic rings. The molecule has 2 aliphatic rings. The lowest BCUT2D eigenvalue weighted by molar-refractivity contribution is 0.579. The Hall–Kier alpha value is -8.76. The van der Waals surface area contributed by atoms with Crippen LogP contribution in [-0.2, 0) is 0 Å². The highest BCUT2D eigenvalue weighted by atomic mass is 19.1. The van der Waals surface area contributed by atoms with Gasteiger partial charge in [0.05, 0.1) is 66.8 Å². The Labute approximate surface area is 279 Å². The van der Waals surface area contributed by atoms with Gasteiger partial charge >= 0.3 is 0 Å². The second kappa shape index (κ2) is 12.2. The van der Waals surface area contributed by atoms with Crippen LogP contribution in [0.5, 0.6) is 0 Å². The van der Waals surface area contributed by atoms with Gasteiger partial charge in [-0.2, -0.15) is 21.0 Å². The van der Waals surface area contributed by atoms with Crippen molar-refractivity contribution in [3.05, 3.63) is 155 Å². The third kappa shape index (κ3) is 4.32. The topological polar surface area (TPSA) is 160 Å². The highest BCUT2D eigenvalue weighted by molar-refractivity contribution is 6.31. The van der Waals surface area contributed by atoms with Crippen molar-refractivity contribution in [2.45, 2.75) is 0 Å². The Morgan fingerprint density at radius 2 is 1.06 bits per heavy atom. The lowest BCUT2D eigenvalue weighted by atomic mass is 9.84. The molecule has 2 aliphatic carbocycles. The van der Waals surface area contributed by atoms with E-state index in [4.69, 9.17) is 26.3 Å². The molecule has 0 spiro atoms. The van der Waals surface area contributed by atoms with Crippen LogP contribution >= 0.6 is 0 Å². The average Bonchev–Trinajstić information content (AvgIpc) is 3.62. The summed E-state index contributed by atoms with van der Waals surface area (Å²) >= 11 is 0. The second-order valence-corrected chi connectivity index (χ2v) is 9.88. The van der Waals surface area contributed by atoms with Crippen molar-refractivity contribution in [1.29, 1.82) is 31.6 Å². The maximum atomic E-state index is 15.5. The van der Waals surface area contributed by atoms with E-state index in [9.17, 15) is 40.4 Å². The molecule has 0 radical (unpaired) electrons. The van der Waals surface area contributed by atoms with Crippen LogP contribution in [0.25, 0.3) is 52.9 Å². The van der Waals surface area contributed by atoms with E-state index in [-0.39, 0.29) is 0 Å². The number of hydrogen-bond donors (Lipinski definition) is 0. The standard InChI is InChI=1S/C36H4F4N10/c1-47-25-6-17(23(39)8-24(25)40)32-35(27(14-46)49-3)31-19(11-43)29-18(10-42)28(16-5-15(9-41)21(37)7-22(16)38)34(26(13-45)48-2)30(29)20(12-44)33(31)36(32)50-4/h5-8H/b34-26-,35-27-. The van der Waals surface area contributed by atoms with Gasteiger partial charge in [-0.1, -0.05) is 0 Å². The van der Waals surface area contributed by atoms with Crippen LogP contribution in [0.1, 0.15) is 50.1 Å². The summed E-state index contributed by atoms with van der Waals surface area (Å²) in [4.78, 5) is 12.7. The molecule has 0 unspecified atom stereocenters. The number of benzene rings is 3. The molecule has 0 N–H and O–H groups in total. The van der Waals surface area contributed by atoms with Crippen LogP contribution in [0.3, 0.4) is 0 Å². The summed E-state index contributed by atoms with van der Waals surface area (Å²) in [5.74, 6) is -5.30. The van der Waals surface area contributed by atoms with Crippen LogP contribution in [-0.4, -0.2) is 0 Å². The normalized spacial score (nSPS) is 14.1. The molecule has 10 nitrogen and oxygen atoms in total. The Morgan fingerprint density at radius 3 is 1.54 bits per heavy atom. The average molecular weight is 652 g/mol. The molecule has 0 saturated carbocycles. The zero-order chi connectivity index (χ0) is 36.6. The van der Waals surface area contributed by atoms with Gasteiger partial charge in [-0.15, -0.1) is 0 Å².